The highest BCUT2D eigenvalue weighted by molar-refractivity contribution is 7.88. The van der Waals surface area contributed by atoms with Gasteiger partial charge in [0, 0.05) is 19.6 Å². The molecule has 0 aromatic heterocycles. The highest BCUT2D eigenvalue weighted by atomic mass is 32.2. The molecule has 28 heavy (non-hydrogen) atoms. The molecule has 2 fully saturated rings. The summed E-state index contributed by atoms with van der Waals surface area (Å²) in [6.07, 6.45) is 7.58. The zero-order chi connectivity index (χ0) is 21.1. The number of nitrogens with zero attached hydrogens (tertiary/aromatic N) is 2. The van der Waals surface area contributed by atoms with E-state index in [9.17, 15) is 26.4 Å². The number of hydrogen-bond acceptors (Lipinski definition) is 6. The SMILES string of the molecule is CS(=O)(=O)N1CCN(S(C)(=O)=O)C(C(=O)NC(CC2CCCCC2)C(N)=O)C1. The Morgan fingerprint density at radius 1 is 1.04 bits per heavy atom. The Kier molecular flexibility index (Phi) is 7.45. The third-order valence-electron chi connectivity index (χ3n) is 5.45. The average molecular weight is 439 g/mol. The highest BCUT2D eigenvalue weighted by Gasteiger charge is 2.41. The fraction of sp³-hybridized carbons (Fsp3) is 0.875. The molecule has 1 saturated carbocycles. The molecule has 10 nitrogen and oxygen atoms in total. The first-order valence-corrected chi connectivity index (χ1v) is 13.1. The summed E-state index contributed by atoms with van der Waals surface area (Å²) in [5, 5.41) is 2.57. The maximum atomic E-state index is 12.8. The number of rotatable bonds is 7. The van der Waals surface area contributed by atoms with Gasteiger partial charge in [-0.3, -0.25) is 9.59 Å². The van der Waals surface area contributed by atoms with Crippen LogP contribution in [0.5, 0.6) is 0 Å². The second-order valence-corrected chi connectivity index (χ2v) is 11.6. The maximum Gasteiger partial charge on any atom is 0.240 e. The van der Waals surface area contributed by atoms with Crippen molar-refractivity contribution >= 4 is 31.9 Å². The Bertz CT molecular complexity index is 792. The van der Waals surface area contributed by atoms with Crippen LogP contribution in [0.4, 0.5) is 0 Å². The Balaban J connectivity index is 2.16. The van der Waals surface area contributed by atoms with Gasteiger partial charge in [0.2, 0.25) is 31.9 Å². The first-order chi connectivity index (χ1) is 12.9. The number of nitrogens with one attached hydrogen (secondary N) is 1. The van der Waals surface area contributed by atoms with Crippen LogP contribution < -0.4 is 11.1 Å². The Morgan fingerprint density at radius 3 is 2.14 bits per heavy atom. The Morgan fingerprint density at radius 2 is 1.64 bits per heavy atom. The number of carbonyl (C=O) groups excluding carboxylic acids is 2. The van der Waals surface area contributed by atoms with Crippen molar-refractivity contribution in [2.45, 2.75) is 50.6 Å². The maximum absolute atomic E-state index is 12.8. The molecule has 2 amide bonds. The summed E-state index contributed by atoms with van der Waals surface area (Å²) in [4.78, 5) is 24.7. The van der Waals surface area contributed by atoms with Crippen molar-refractivity contribution in [1.82, 2.24) is 13.9 Å². The van der Waals surface area contributed by atoms with E-state index in [1.54, 1.807) is 0 Å². The van der Waals surface area contributed by atoms with Crippen molar-refractivity contribution in [1.29, 1.82) is 0 Å². The molecule has 1 heterocycles. The van der Waals surface area contributed by atoms with Crippen LogP contribution >= 0.6 is 0 Å². The van der Waals surface area contributed by atoms with Crippen LogP contribution in [0.1, 0.15) is 38.5 Å². The van der Waals surface area contributed by atoms with Gasteiger partial charge in [0.1, 0.15) is 12.1 Å². The van der Waals surface area contributed by atoms with Crippen LogP contribution in [0.2, 0.25) is 0 Å². The van der Waals surface area contributed by atoms with E-state index in [1.807, 2.05) is 0 Å². The van der Waals surface area contributed by atoms with Crippen LogP contribution in [0.25, 0.3) is 0 Å². The first kappa shape index (κ1) is 23.0. The monoisotopic (exact) mass is 438 g/mol. The van der Waals surface area contributed by atoms with Gasteiger partial charge < -0.3 is 11.1 Å². The molecule has 1 saturated heterocycles. The fourth-order valence-electron chi connectivity index (χ4n) is 3.92. The number of primary amides is 1. The van der Waals surface area contributed by atoms with E-state index in [1.165, 1.54) is 0 Å². The Hall–Kier alpha value is -1.24. The van der Waals surface area contributed by atoms with Gasteiger partial charge in [-0.2, -0.15) is 8.61 Å². The van der Waals surface area contributed by atoms with E-state index in [-0.39, 0.29) is 25.6 Å². The number of hydrogen-bond donors (Lipinski definition) is 2. The lowest BCUT2D eigenvalue weighted by Crippen LogP contribution is -2.62. The second-order valence-electron chi connectivity index (χ2n) is 7.71. The van der Waals surface area contributed by atoms with Gasteiger partial charge in [0.05, 0.1) is 12.5 Å². The summed E-state index contributed by atoms with van der Waals surface area (Å²) in [6, 6.07) is -2.16. The van der Waals surface area contributed by atoms with Crippen molar-refractivity contribution in [3.05, 3.63) is 0 Å². The molecule has 2 atom stereocenters. The van der Waals surface area contributed by atoms with Crippen molar-refractivity contribution in [2.24, 2.45) is 11.7 Å². The molecule has 0 spiro atoms. The second kappa shape index (κ2) is 9.06. The minimum atomic E-state index is -3.74. The smallest absolute Gasteiger partial charge is 0.240 e. The van der Waals surface area contributed by atoms with Crippen molar-refractivity contribution in [3.8, 4) is 0 Å². The summed E-state index contributed by atoms with van der Waals surface area (Å²) >= 11 is 0. The molecule has 2 aliphatic rings. The molecule has 0 radical (unpaired) electrons. The molecule has 2 unspecified atom stereocenters. The molecule has 3 N–H and O–H groups in total. The molecule has 0 aromatic rings. The Labute approximate surface area is 166 Å². The summed E-state index contributed by atoms with van der Waals surface area (Å²) in [6.45, 7) is -0.461. The van der Waals surface area contributed by atoms with Crippen LogP contribution in [0, 0.1) is 5.92 Å². The topological polar surface area (TPSA) is 147 Å². The standard InChI is InChI=1S/C16H30N4O6S2/c1-27(23,24)19-8-9-20(28(2,25)26)14(11-19)16(22)18-13(15(17)21)10-12-6-4-3-5-7-12/h12-14H,3-11H2,1-2H3,(H2,17,21)(H,18,22). The summed E-state index contributed by atoms with van der Waals surface area (Å²) in [5.41, 5.74) is 5.46. The molecular weight excluding hydrogens is 408 g/mol. The van der Waals surface area contributed by atoms with E-state index in [4.69, 9.17) is 5.73 Å². The molecule has 12 heteroatoms. The molecule has 1 aliphatic heterocycles. The number of sulfonamides is 2. The van der Waals surface area contributed by atoms with Crippen LogP contribution in [0.3, 0.4) is 0 Å². The molecular formula is C16H30N4O6S2. The van der Waals surface area contributed by atoms with Gasteiger partial charge in [-0.15, -0.1) is 0 Å². The van der Waals surface area contributed by atoms with E-state index in [0.29, 0.717) is 6.42 Å². The lowest BCUT2D eigenvalue weighted by Gasteiger charge is -2.38. The molecule has 0 bridgehead atoms. The van der Waals surface area contributed by atoms with Gasteiger partial charge in [-0.1, -0.05) is 32.1 Å². The van der Waals surface area contributed by atoms with E-state index in [0.717, 1.165) is 53.2 Å². The summed E-state index contributed by atoms with van der Waals surface area (Å²) in [7, 11) is -7.33. The third kappa shape index (κ3) is 6.13. The fourth-order valence-corrected chi connectivity index (χ4v) is 5.79. The lowest BCUT2D eigenvalue weighted by atomic mass is 9.84. The van der Waals surface area contributed by atoms with Gasteiger partial charge in [-0.25, -0.2) is 16.8 Å². The minimum absolute atomic E-state index is 0.0307. The van der Waals surface area contributed by atoms with Crippen LogP contribution in [-0.4, -0.2) is 81.5 Å². The quantitative estimate of drug-likeness (QED) is 0.512. The third-order valence-corrected chi connectivity index (χ3v) is 8.00. The number of amides is 2. The zero-order valence-corrected chi connectivity index (χ0v) is 18.0. The van der Waals surface area contributed by atoms with Gasteiger partial charge in [-0.05, 0) is 12.3 Å². The van der Waals surface area contributed by atoms with Crippen LogP contribution in [-0.2, 0) is 29.6 Å². The summed E-state index contributed by atoms with van der Waals surface area (Å²) < 4.78 is 49.9. The molecule has 1 aliphatic carbocycles. The van der Waals surface area contributed by atoms with Crippen LogP contribution in [0.15, 0.2) is 0 Å². The first-order valence-electron chi connectivity index (χ1n) is 9.41. The zero-order valence-electron chi connectivity index (χ0n) is 16.3. The van der Waals surface area contributed by atoms with E-state index >= 15 is 0 Å². The number of piperazine rings is 1. The summed E-state index contributed by atoms with van der Waals surface area (Å²) in [5.74, 6) is -1.12. The van der Waals surface area contributed by atoms with E-state index in [2.05, 4.69) is 5.32 Å². The molecule has 2 rings (SSSR count). The largest absolute Gasteiger partial charge is 0.368 e. The minimum Gasteiger partial charge on any atom is -0.368 e. The van der Waals surface area contributed by atoms with Crippen molar-refractivity contribution in [3.63, 3.8) is 0 Å². The highest BCUT2D eigenvalue weighted by Crippen LogP contribution is 2.27. The van der Waals surface area contributed by atoms with E-state index < -0.39 is 43.9 Å². The van der Waals surface area contributed by atoms with Gasteiger partial charge in [0.25, 0.3) is 0 Å². The average Bonchev–Trinajstić information content (AvgIpc) is 2.59. The normalized spacial score (nSPS) is 24.6. The predicted octanol–water partition coefficient (Wildman–Crippen LogP) is -1.17. The van der Waals surface area contributed by atoms with Gasteiger partial charge in [0.15, 0.2) is 0 Å². The van der Waals surface area contributed by atoms with Crippen molar-refractivity contribution < 1.29 is 26.4 Å². The number of nitrogens with two attached hydrogens (primary N) is 1. The molecule has 162 valence electrons. The lowest BCUT2D eigenvalue weighted by molar-refractivity contribution is -0.131. The molecule has 0 aromatic carbocycles. The van der Waals surface area contributed by atoms with Crippen molar-refractivity contribution in [2.75, 3.05) is 32.1 Å². The van der Waals surface area contributed by atoms with Gasteiger partial charge >= 0.3 is 0 Å². The number of carbonyl (C=O) groups is 2. The predicted molar refractivity (Wildman–Crippen MR) is 104 cm³/mol.